The van der Waals surface area contributed by atoms with Crippen LogP contribution in [-0.2, 0) is 14.6 Å². The van der Waals surface area contributed by atoms with E-state index in [0.717, 1.165) is 13.0 Å². The molecule has 2 N–H and O–H groups in total. The summed E-state index contributed by atoms with van der Waals surface area (Å²) in [6.45, 7) is 5.65. The summed E-state index contributed by atoms with van der Waals surface area (Å²) in [5.41, 5.74) is 0. The predicted molar refractivity (Wildman–Crippen MR) is 74.3 cm³/mol. The zero-order valence-electron chi connectivity index (χ0n) is 11.5. The van der Waals surface area contributed by atoms with Gasteiger partial charge in [0.1, 0.15) is 5.75 Å². The summed E-state index contributed by atoms with van der Waals surface area (Å²) in [5.74, 6) is -0.795. The van der Waals surface area contributed by atoms with Crippen LogP contribution in [0.5, 0.6) is 0 Å². The molecule has 1 amide bonds. The Labute approximate surface area is 111 Å². The van der Waals surface area contributed by atoms with Gasteiger partial charge >= 0.3 is 0 Å². The first-order chi connectivity index (χ1) is 8.52. The second-order valence-corrected chi connectivity index (χ2v) is 6.54. The van der Waals surface area contributed by atoms with Crippen molar-refractivity contribution in [1.29, 1.82) is 0 Å². The molecule has 0 fully saturated rings. The molecule has 108 valence electrons. The molecule has 0 unspecified atom stereocenters. The van der Waals surface area contributed by atoms with Crippen LogP contribution in [0.1, 0.15) is 39.5 Å². The van der Waals surface area contributed by atoms with E-state index in [2.05, 4.69) is 17.6 Å². The largest absolute Gasteiger partial charge is 0.356 e. The van der Waals surface area contributed by atoms with Crippen molar-refractivity contribution < 1.29 is 13.2 Å². The Balaban J connectivity index is 3.62. The zero-order valence-corrected chi connectivity index (χ0v) is 12.3. The second kappa shape index (κ2) is 10.3. The van der Waals surface area contributed by atoms with Gasteiger partial charge in [0.25, 0.3) is 0 Å². The Hall–Kier alpha value is -0.620. The number of unbranched alkanes of at least 4 members (excludes halogenated alkanes) is 3. The molecule has 0 bridgehead atoms. The minimum Gasteiger partial charge on any atom is -0.356 e. The molecule has 0 aliphatic rings. The van der Waals surface area contributed by atoms with E-state index >= 15 is 0 Å². The van der Waals surface area contributed by atoms with E-state index in [-0.39, 0.29) is 5.75 Å². The maximum atomic E-state index is 11.6. The minimum atomic E-state index is -3.27. The van der Waals surface area contributed by atoms with Gasteiger partial charge in [0, 0.05) is 13.1 Å². The highest BCUT2D eigenvalue weighted by molar-refractivity contribution is 7.92. The van der Waals surface area contributed by atoms with Gasteiger partial charge in [0.15, 0.2) is 9.84 Å². The van der Waals surface area contributed by atoms with Gasteiger partial charge in [0.05, 0.1) is 5.75 Å². The summed E-state index contributed by atoms with van der Waals surface area (Å²) in [7, 11) is -3.27. The highest BCUT2D eigenvalue weighted by atomic mass is 32.2. The monoisotopic (exact) mass is 278 g/mol. The van der Waals surface area contributed by atoms with Crippen molar-refractivity contribution in [3.63, 3.8) is 0 Å². The van der Waals surface area contributed by atoms with Crippen LogP contribution in [0.25, 0.3) is 0 Å². The SMILES string of the molecule is CCCCCCNCCS(=O)(=O)CC(=O)NCC. The number of carbonyl (C=O) groups excluding carboxylic acids is 1. The van der Waals surface area contributed by atoms with Gasteiger partial charge in [-0.15, -0.1) is 0 Å². The number of carbonyl (C=O) groups is 1. The highest BCUT2D eigenvalue weighted by Gasteiger charge is 2.15. The van der Waals surface area contributed by atoms with Crippen LogP contribution in [-0.4, -0.2) is 45.5 Å². The molecule has 0 rings (SSSR count). The van der Waals surface area contributed by atoms with Gasteiger partial charge in [-0.3, -0.25) is 4.79 Å². The van der Waals surface area contributed by atoms with E-state index in [9.17, 15) is 13.2 Å². The number of amides is 1. The van der Waals surface area contributed by atoms with Crippen molar-refractivity contribution in [3.8, 4) is 0 Å². The third-order valence-electron chi connectivity index (χ3n) is 2.52. The average molecular weight is 278 g/mol. The first kappa shape index (κ1) is 17.4. The Morgan fingerprint density at radius 1 is 1.06 bits per heavy atom. The van der Waals surface area contributed by atoms with Crippen LogP contribution in [0.15, 0.2) is 0 Å². The minimum absolute atomic E-state index is 0.0257. The topological polar surface area (TPSA) is 75.3 Å². The van der Waals surface area contributed by atoms with Crippen LogP contribution < -0.4 is 10.6 Å². The lowest BCUT2D eigenvalue weighted by Gasteiger charge is -2.06. The fourth-order valence-electron chi connectivity index (χ4n) is 1.55. The maximum absolute atomic E-state index is 11.6. The quantitative estimate of drug-likeness (QED) is 0.546. The molecule has 0 aliphatic heterocycles. The number of nitrogens with one attached hydrogen (secondary N) is 2. The molecule has 0 aromatic rings. The third-order valence-corrected chi connectivity index (χ3v) is 4.05. The van der Waals surface area contributed by atoms with Gasteiger partial charge < -0.3 is 10.6 Å². The second-order valence-electron chi connectivity index (χ2n) is 4.36. The van der Waals surface area contributed by atoms with Crippen LogP contribution in [0.4, 0.5) is 0 Å². The number of rotatable bonds is 11. The first-order valence-corrected chi connectivity index (χ1v) is 8.51. The summed E-state index contributed by atoms with van der Waals surface area (Å²) in [6, 6.07) is 0. The van der Waals surface area contributed by atoms with Crippen LogP contribution >= 0.6 is 0 Å². The molecule has 0 saturated heterocycles. The van der Waals surface area contributed by atoms with Gasteiger partial charge in [-0.2, -0.15) is 0 Å². The van der Waals surface area contributed by atoms with Gasteiger partial charge in [-0.1, -0.05) is 26.2 Å². The number of hydrogen-bond donors (Lipinski definition) is 2. The molecule has 0 spiro atoms. The normalized spacial score (nSPS) is 11.4. The van der Waals surface area contributed by atoms with Crippen LogP contribution in [0.2, 0.25) is 0 Å². The molecule has 0 radical (unpaired) electrons. The van der Waals surface area contributed by atoms with E-state index in [0.29, 0.717) is 13.1 Å². The van der Waals surface area contributed by atoms with Crippen molar-refractivity contribution in [2.45, 2.75) is 39.5 Å². The maximum Gasteiger partial charge on any atom is 0.235 e. The summed E-state index contributed by atoms with van der Waals surface area (Å²) in [6.07, 6.45) is 4.66. The number of sulfone groups is 1. The number of hydrogen-bond acceptors (Lipinski definition) is 4. The van der Waals surface area contributed by atoms with Crippen molar-refractivity contribution in [2.75, 3.05) is 31.1 Å². The molecule has 0 atom stereocenters. The third kappa shape index (κ3) is 10.5. The molecule has 0 heterocycles. The van der Waals surface area contributed by atoms with E-state index < -0.39 is 21.5 Å². The average Bonchev–Trinajstić information content (AvgIpc) is 2.27. The fourth-order valence-corrected chi connectivity index (χ4v) is 2.65. The molecule has 0 aromatic carbocycles. The van der Waals surface area contributed by atoms with Crippen LogP contribution in [0.3, 0.4) is 0 Å². The predicted octanol–water partition coefficient (Wildman–Crippen LogP) is 0.707. The van der Waals surface area contributed by atoms with E-state index in [1.807, 2.05) is 0 Å². The first-order valence-electron chi connectivity index (χ1n) is 6.69. The van der Waals surface area contributed by atoms with Gasteiger partial charge in [0.2, 0.25) is 5.91 Å². The van der Waals surface area contributed by atoms with E-state index in [1.165, 1.54) is 19.3 Å². The van der Waals surface area contributed by atoms with Crippen LogP contribution in [0, 0.1) is 0 Å². The Kier molecular flexibility index (Phi) is 9.96. The lowest BCUT2D eigenvalue weighted by Crippen LogP contribution is -2.33. The Morgan fingerprint density at radius 3 is 2.39 bits per heavy atom. The summed E-state index contributed by atoms with van der Waals surface area (Å²) >= 11 is 0. The molecular formula is C12H26N2O3S. The molecule has 6 heteroatoms. The lowest BCUT2D eigenvalue weighted by atomic mass is 10.2. The highest BCUT2D eigenvalue weighted by Crippen LogP contribution is 1.97. The Bertz CT molecular complexity index is 315. The lowest BCUT2D eigenvalue weighted by molar-refractivity contribution is -0.118. The van der Waals surface area contributed by atoms with Gasteiger partial charge in [-0.05, 0) is 19.9 Å². The van der Waals surface area contributed by atoms with Crippen molar-refractivity contribution >= 4 is 15.7 Å². The molecule has 18 heavy (non-hydrogen) atoms. The van der Waals surface area contributed by atoms with Crippen molar-refractivity contribution in [3.05, 3.63) is 0 Å². The van der Waals surface area contributed by atoms with Crippen molar-refractivity contribution in [1.82, 2.24) is 10.6 Å². The molecular weight excluding hydrogens is 252 g/mol. The molecule has 0 aromatic heterocycles. The summed E-state index contributed by atoms with van der Waals surface area (Å²) in [5, 5.41) is 5.58. The zero-order chi connectivity index (χ0) is 13.9. The fraction of sp³-hybridized carbons (Fsp3) is 0.917. The van der Waals surface area contributed by atoms with Gasteiger partial charge in [-0.25, -0.2) is 8.42 Å². The van der Waals surface area contributed by atoms with E-state index in [1.54, 1.807) is 6.92 Å². The summed E-state index contributed by atoms with van der Waals surface area (Å²) < 4.78 is 23.1. The van der Waals surface area contributed by atoms with Crippen molar-refractivity contribution in [2.24, 2.45) is 0 Å². The Morgan fingerprint density at radius 2 is 1.78 bits per heavy atom. The molecule has 0 saturated carbocycles. The molecule has 5 nitrogen and oxygen atoms in total. The standard InChI is InChI=1S/C12H26N2O3S/c1-3-5-6-7-8-13-9-10-18(16,17)11-12(15)14-4-2/h13H,3-11H2,1-2H3,(H,14,15). The molecule has 0 aliphatic carbocycles. The van der Waals surface area contributed by atoms with E-state index in [4.69, 9.17) is 0 Å². The summed E-state index contributed by atoms with van der Waals surface area (Å²) in [4.78, 5) is 11.2. The smallest absolute Gasteiger partial charge is 0.235 e.